The summed E-state index contributed by atoms with van der Waals surface area (Å²) in [5.41, 5.74) is 1.07. The van der Waals surface area contributed by atoms with Crippen LogP contribution in [0.5, 0.6) is 0 Å². The lowest BCUT2D eigenvalue weighted by Gasteiger charge is -2.11. The zero-order chi connectivity index (χ0) is 10.4. The summed E-state index contributed by atoms with van der Waals surface area (Å²) in [4.78, 5) is 10.3. The molecule has 0 aliphatic heterocycles. The molecular formula is C11H13NO2. The smallest absolute Gasteiger partial charge is 0.404 e. The maximum atomic E-state index is 10.3. The molecule has 0 fully saturated rings. The molecular weight excluding hydrogens is 178 g/mol. The van der Waals surface area contributed by atoms with Gasteiger partial charge < -0.3 is 10.4 Å². The van der Waals surface area contributed by atoms with Gasteiger partial charge >= 0.3 is 6.09 Å². The van der Waals surface area contributed by atoms with Crippen molar-refractivity contribution in [2.75, 3.05) is 6.54 Å². The number of benzene rings is 1. The van der Waals surface area contributed by atoms with E-state index in [1.54, 1.807) is 6.08 Å². The van der Waals surface area contributed by atoms with E-state index in [-0.39, 0.29) is 5.92 Å². The number of hydrogen-bond acceptors (Lipinski definition) is 1. The summed E-state index contributed by atoms with van der Waals surface area (Å²) in [6.07, 6.45) is 0.735. The Morgan fingerprint density at radius 3 is 2.64 bits per heavy atom. The maximum Gasteiger partial charge on any atom is 0.404 e. The van der Waals surface area contributed by atoms with Crippen LogP contribution < -0.4 is 5.32 Å². The van der Waals surface area contributed by atoms with E-state index < -0.39 is 6.09 Å². The topological polar surface area (TPSA) is 49.3 Å². The van der Waals surface area contributed by atoms with Gasteiger partial charge in [0.1, 0.15) is 0 Å². The summed E-state index contributed by atoms with van der Waals surface area (Å²) in [7, 11) is 0. The zero-order valence-electron chi connectivity index (χ0n) is 7.81. The van der Waals surface area contributed by atoms with E-state index in [1.807, 2.05) is 30.3 Å². The molecule has 14 heavy (non-hydrogen) atoms. The van der Waals surface area contributed by atoms with Gasteiger partial charge in [0.25, 0.3) is 0 Å². The van der Waals surface area contributed by atoms with Gasteiger partial charge in [0.2, 0.25) is 0 Å². The third-order valence-electron chi connectivity index (χ3n) is 1.99. The number of nitrogens with one attached hydrogen (secondary N) is 1. The molecule has 0 heterocycles. The Hall–Kier alpha value is -1.77. The molecule has 1 atom stereocenters. The summed E-state index contributed by atoms with van der Waals surface area (Å²) in [6, 6.07) is 9.68. The lowest BCUT2D eigenvalue weighted by Crippen LogP contribution is -2.25. The highest BCUT2D eigenvalue weighted by Crippen LogP contribution is 2.14. The SMILES string of the molecule is C=CC(CNC(=O)O)c1ccccc1. The number of amides is 1. The van der Waals surface area contributed by atoms with Crippen molar-refractivity contribution in [1.82, 2.24) is 5.32 Å². The van der Waals surface area contributed by atoms with Gasteiger partial charge in [-0.15, -0.1) is 6.58 Å². The van der Waals surface area contributed by atoms with Crippen LogP contribution in [0.3, 0.4) is 0 Å². The molecule has 1 unspecified atom stereocenters. The fourth-order valence-corrected chi connectivity index (χ4v) is 1.23. The van der Waals surface area contributed by atoms with Gasteiger partial charge in [0, 0.05) is 12.5 Å². The van der Waals surface area contributed by atoms with Crippen LogP contribution in [-0.2, 0) is 0 Å². The Bertz CT molecular complexity index is 308. The van der Waals surface area contributed by atoms with Crippen LogP contribution in [0, 0.1) is 0 Å². The molecule has 0 saturated carbocycles. The van der Waals surface area contributed by atoms with Crippen molar-refractivity contribution in [2.45, 2.75) is 5.92 Å². The van der Waals surface area contributed by atoms with Crippen LogP contribution in [0.1, 0.15) is 11.5 Å². The van der Waals surface area contributed by atoms with E-state index in [1.165, 1.54) is 0 Å². The largest absolute Gasteiger partial charge is 0.465 e. The van der Waals surface area contributed by atoms with Gasteiger partial charge in [-0.25, -0.2) is 4.79 Å². The monoisotopic (exact) mass is 191 g/mol. The van der Waals surface area contributed by atoms with Crippen LogP contribution in [0.15, 0.2) is 43.0 Å². The first-order valence-electron chi connectivity index (χ1n) is 4.38. The minimum atomic E-state index is -1.01. The number of hydrogen-bond donors (Lipinski definition) is 2. The highest BCUT2D eigenvalue weighted by Gasteiger charge is 2.07. The summed E-state index contributed by atoms with van der Waals surface area (Å²) < 4.78 is 0. The Kier molecular flexibility index (Phi) is 3.73. The standard InChI is InChI=1S/C11H13NO2/c1-2-9(8-12-11(13)14)10-6-4-3-5-7-10/h2-7,9,12H,1,8H2,(H,13,14). The van der Waals surface area contributed by atoms with E-state index in [2.05, 4.69) is 11.9 Å². The van der Waals surface area contributed by atoms with Gasteiger partial charge in [0.05, 0.1) is 0 Å². The maximum absolute atomic E-state index is 10.3. The second-order valence-corrected chi connectivity index (χ2v) is 2.94. The average Bonchev–Trinajstić information content (AvgIpc) is 2.20. The molecule has 0 aliphatic rings. The van der Waals surface area contributed by atoms with E-state index in [0.29, 0.717) is 6.54 Å². The summed E-state index contributed by atoms with van der Waals surface area (Å²) >= 11 is 0. The number of carboxylic acid groups (broad SMARTS) is 1. The van der Waals surface area contributed by atoms with Crippen LogP contribution in [0.4, 0.5) is 4.79 Å². The molecule has 2 N–H and O–H groups in total. The first kappa shape index (κ1) is 10.3. The second kappa shape index (κ2) is 5.07. The van der Waals surface area contributed by atoms with Crippen molar-refractivity contribution < 1.29 is 9.90 Å². The van der Waals surface area contributed by atoms with Crippen molar-refractivity contribution in [3.63, 3.8) is 0 Å². The molecule has 0 radical (unpaired) electrons. The van der Waals surface area contributed by atoms with Gasteiger partial charge in [-0.1, -0.05) is 36.4 Å². The molecule has 1 aromatic rings. The van der Waals surface area contributed by atoms with Crippen molar-refractivity contribution in [1.29, 1.82) is 0 Å². The second-order valence-electron chi connectivity index (χ2n) is 2.94. The minimum absolute atomic E-state index is 0.0345. The quantitative estimate of drug-likeness (QED) is 0.717. The predicted octanol–water partition coefficient (Wildman–Crippen LogP) is 2.22. The fraction of sp³-hybridized carbons (Fsp3) is 0.182. The third-order valence-corrected chi connectivity index (χ3v) is 1.99. The molecule has 0 spiro atoms. The summed E-state index contributed by atoms with van der Waals surface area (Å²) in [5.74, 6) is 0.0345. The summed E-state index contributed by atoms with van der Waals surface area (Å²) in [5, 5.41) is 10.8. The molecule has 0 aromatic heterocycles. The molecule has 1 rings (SSSR count). The van der Waals surface area contributed by atoms with Crippen LogP contribution >= 0.6 is 0 Å². The number of rotatable bonds is 4. The average molecular weight is 191 g/mol. The lowest BCUT2D eigenvalue weighted by molar-refractivity contribution is 0.194. The van der Waals surface area contributed by atoms with Crippen molar-refractivity contribution >= 4 is 6.09 Å². The van der Waals surface area contributed by atoms with Crippen molar-refractivity contribution in [2.24, 2.45) is 0 Å². The van der Waals surface area contributed by atoms with Crippen LogP contribution in [0.2, 0.25) is 0 Å². The van der Waals surface area contributed by atoms with Gasteiger partial charge in [-0.05, 0) is 5.56 Å². The molecule has 3 heteroatoms. The van der Waals surface area contributed by atoms with Gasteiger partial charge in [-0.3, -0.25) is 0 Å². The van der Waals surface area contributed by atoms with Gasteiger partial charge in [-0.2, -0.15) is 0 Å². The van der Waals surface area contributed by atoms with Crippen LogP contribution in [-0.4, -0.2) is 17.7 Å². The summed E-state index contributed by atoms with van der Waals surface area (Å²) in [6.45, 7) is 4.05. The predicted molar refractivity (Wildman–Crippen MR) is 55.4 cm³/mol. The van der Waals surface area contributed by atoms with E-state index in [0.717, 1.165) is 5.56 Å². The minimum Gasteiger partial charge on any atom is -0.465 e. The van der Waals surface area contributed by atoms with E-state index in [4.69, 9.17) is 5.11 Å². The fourth-order valence-electron chi connectivity index (χ4n) is 1.23. The Balaban J connectivity index is 2.63. The first-order valence-corrected chi connectivity index (χ1v) is 4.38. The van der Waals surface area contributed by atoms with Crippen molar-refractivity contribution in [3.05, 3.63) is 48.6 Å². The van der Waals surface area contributed by atoms with Crippen LogP contribution in [0.25, 0.3) is 0 Å². The molecule has 0 bridgehead atoms. The highest BCUT2D eigenvalue weighted by atomic mass is 16.4. The molecule has 3 nitrogen and oxygen atoms in total. The molecule has 74 valence electrons. The lowest BCUT2D eigenvalue weighted by atomic mass is 9.99. The first-order chi connectivity index (χ1) is 6.74. The normalized spacial score (nSPS) is 11.7. The van der Waals surface area contributed by atoms with Gasteiger partial charge in [0.15, 0.2) is 0 Å². The van der Waals surface area contributed by atoms with Crippen molar-refractivity contribution in [3.8, 4) is 0 Å². The molecule has 1 amide bonds. The molecule has 0 saturated heterocycles. The Morgan fingerprint density at radius 2 is 2.14 bits per heavy atom. The highest BCUT2D eigenvalue weighted by molar-refractivity contribution is 5.64. The zero-order valence-corrected chi connectivity index (χ0v) is 7.81. The van der Waals surface area contributed by atoms with E-state index in [9.17, 15) is 4.79 Å². The van der Waals surface area contributed by atoms with E-state index >= 15 is 0 Å². The molecule has 1 aromatic carbocycles. The Labute approximate surface area is 83.1 Å². The molecule has 0 aliphatic carbocycles. The third kappa shape index (κ3) is 2.94. The number of carbonyl (C=O) groups is 1. The Morgan fingerprint density at radius 1 is 1.50 bits per heavy atom.